The molecule has 1 aromatic rings. The largest absolute Gasteiger partial charge is 0.466 e. The quantitative estimate of drug-likeness (QED) is 0.436. The van der Waals surface area contributed by atoms with Crippen LogP contribution in [0.2, 0.25) is 0 Å². The standard InChI is InChI=1S/C16H22O4/c1-4-5-8-19-15(17)6-7-16(18)20-14-10-12(2)9-13(3)11-14/h9-11H,4-8H2,1-3H3. The molecule has 0 saturated heterocycles. The Hall–Kier alpha value is -1.84. The molecule has 1 rings (SSSR count). The normalized spacial score (nSPS) is 10.2. The second-order valence-electron chi connectivity index (χ2n) is 4.87. The van der Waals surface area contributed by atoms with Crippen LogP contribution in [0.25, 0.3) is 0 Å². The lowest BCUT2D eigenvalue weighted by molar-refractivity contribution is -0.147. The zero-order chi connectivity index (χ0) is 15.0. The van der Waals surface area contributed by atoms with Gasteiger partial charge in [-0.1, -0.05) is 19.4 Å². The number of carbonyl (C=O) groups is 2. The van der Waals surface area contributed by atoms with Gasteiger partial charge in [-0.25, -0.2) is 0 Å². The van der Waals surface area contributed by atoms with E-state index in [1.165, 1.54) is 0 Å². The molecule has 4 heteroatoms. The van der Waals surface area contributed by atoms with Crippen molar-refractivity contribution in [1.82, 2.24) is 0 Å². The maximum absolute atomic E-state index is 11.6. The molecule has 0 aliphatic rings. The molecule has 0 saturated carbocycles. The molecule has 0 radical (unpaired) electrons. The third-order valence-corrected chi connectivity index (χ3v) is 2.72. The zero-order valence-electron chi connectivity index (χ0n) is 12.4. The summed E-state index contributed by atoms with van der Waals surface area (Å²) in [5.41, 5.74) is 2.07. The lowest BCUT2D eigenvalue weighted by Crippen LogP contribution is -2.13. The third kappa shape index (κ3) is 6.36. The second kappa shape index (κ2) is 8.35. The molecule has 0 atom stereocenters. The molecule has 20 heavy (non-hydrogen) atoms. The van der Waals surface area contributed by atoms with Crippen LogP contribution in [-0.4, -0.2) is 18.5 Å². The van der Waals surface area contributed by atoms with Crippen LogP contribution in [0.5, 0.6) is 5.75 Å². The van der Waals surface area contributed by atoms with Crippen molar-refractivity contribution < 1.29 is 19.1 Å². The minimum absolute atomic E-state index is 0.0396. The van der Waals surface area contributed by atoms with Gasteiger partial charge in [0.25, 0.3) is 0 Å². The van der Waals surface area contributed by atoms with Crippen molar-refractivity contribution in [1.29, 1.82) is 0 Å². The van der Waals surface area contributed by atoms with Gasteiger partial charge < -0.3 is 9.47 Å². The van der Waals surface area contributed by atoms with Crippen LogP contribution in [0.3, 0.4) is 0 Å². The van der Waals surface area contributed by atoms with Gasteiger partial charge in [0, 0.05) is 0 Å². The summed E-state index contributed by atoms with van der Waals surface area (Å²) in [6.07, 6.45) is 1.92. The van der Waals surface area contributed by atoms with Crippen molar-refractivity contribution in [2.75, 3.05) is 6.61 Å². The van der Waals surface area contributed by atoms with E-state index >= 15 is 0 Å². The minimum Gasteiger partial charge on any atom is -0.466 e. The van der Waals surface area contributed by atoms with Crippen molar-refractivity contribution >= 4 is 11.9 Å². The van der Waals surface area contributed by atoms with Gasteiger partial charge in [0.05, 0.1) is 19.4 Å². The Morgan fingerprint density at radius 2 is 1.60 bits per heavy atom. The molecule has 0 bridgehead atoms. The van der Waals surface area contributed by atoms with E-state index in [1.807, 2.05) is 26.8 Å². The molecule has 0 aliphatic carbocycles. The molecule has 0 aromatic heterocycles. The summed E-state index contributed by atoms with van der Waals surface area (Å²) in [6.45, 7) is 6.32. The minimum atomic E-state index is -0.414. The lowest BCUT2D eigenvalue weighted by atomic mass is 10.1. The van der Waals surface area contributed by atoms with Crippen LogP contribution >= 0.6 is 0 Å². The summed E-state index contributed by atoms with van der Waals surface area (Å²) in [7, 11) is 0. The highest BCUT2D eigenvalue weighted by molar-refractivity contribution is 5.79. The summed E-state index contributed by atoms with van der Waals surface area (Å²) < 4.78 is 10.2. The Morgan fingerprint density at radius 1 is 1.00 bits per heavy atom. The topological polar surface area (TPSA) is 52.6 Å². The number of esters is 2. The first-order valence-electron chi connectivity index (χ1n) is 6.96. The molecular formula is C16H22O4. The Morgan fingerprint density at radius 3 is 2.20 bits per heavy atom. The predicted octanol–water partition coefficient (Wildman–Crippen LogP) is 3.33. The van der Waals surface area contributed by atoms with Crippen LogP contribution < -0.4 is 4.74 Å². The molecule has 0 amide bonds. The molecule has 0 spiro atoms. The van der Waals surface area contributed by atoms with Gasteiger partial charge >= 0.3 is 11.9 Å². The molecule has 4 nitrogen and oxygen atoms in total. The summed E-state index contributed by atoms with van der Waals surface area (Å²) in [6, 6.07) is 5.59. The average molecular weight is 278 g/mol. The molecule has 0 unspecified atom stereocenters. The predicted molar refractivity (Wildman–Crippen MR) is 76.7 cm³/mol. The van der Waals surface area contributed by atoms with Crippen molar-refractivity contribution in [2.45, 2.75) is 46.5 Å². The number of hydrogen-bond donors (Lipinski definition) is 0. The third-order valence-electron chi connectivity index (χ3n) is 2.72. The van der Waals surface area contributed by atoms with Crippen molar-refractivity contribution in [3.63, 3.8) is 0 Å². The van der Waals surface area contributed by atoms with Crippen molar-refractivity contribution in [3.05, 3.63) is 29.3 Å². The van der Waals surface area contributed by atoms with E-state index < -0.39 is 5.97 Å². The fourth-order valence-corrected chi connectivity index (χ4v) is 1.78. The molecule has 110 valence electrons. The van der Waals surface area contributed by atoms with Crippen LogP contribution in [0.4, 0.5) is 0 Å². The smallest absolute Gasteiger partial charge is 0.311 e. The van der Waals surface area contributed by atoms with Crippen LogP contribution in [0.1, 0.15) is 43.7 Å². The summed E-state index contributed by atoms with van der Waals surface area (Å²) in [5.74, 6) is -0.245. The van der Waals surface area contributed by atoms with Gasteiger partial charge in [0.2, 0.25) is 0 Å². The van der Waals surface area contributed by atoms with Gasteiger partial charge in [-0.3, -0.25) is 9.59 Å². The van der Waals surface area contributed by atoms with E-state index in [0.29, 0.717) is 12.4 Å². The average Bonchev–Trinajstić information content (AvgIpc) is 2.35. The highest BCUT2D eigenvalue weighted by atomic mass is 16.5. The van der Waals surface area contributed by atoms with E-state index in [1.54, 1.807) is 12.1 Å². The Balaban J connectivity index is 2.34. The highest BCUT2D eigenvalue weighted by Gasteiger charge is 2.10. The fraction of sp³-hybridized carbons (Fsp3) is 0.500. The first-order valence-corrected chi connectivity index (χ1v) is 6.96. The van der Waals surface area contributed by atoms with Crippen molar-refractivity contribution in [3.8, 4) is 5.75 Å². The van der Waals surface area contributed by atoms with E-state index in [9.17, 15) is 9.59 Å². The highest BCUT2D eigenvalue weighted by Crippen LogP contribution is 2.17. The van der Waals surface area contributed by atoms with Crippen LogP contribution in [0, 0.1) is 13.8 Å². The van der Waals surface area contributed by atoms with Crippen molar-refractivity contribution in [2.24, 2.45) is 0 Å². The van der Waals surface area contributed by atoms with E-state index in [0.717, 1.165) is 24.0 Å². The monoisotopic (exact) mass is 278 g/mol. The number of rotatable bonds is 7. The van der Waals surface area contributed by atoms with E-state index in [-0.39, 0.29) is 18.8 Å². The van der Waals surface area contributed by atoms with Gasteiger partial charge in [0.1, 0.15) is 5.75 Å². The summed E-state index contributed by atoms with van der Waals surface area (Å²) >= 11 is 0. The van der Waals surface area contributed by atoms with Crippen LogP contribution in [0.15, 0.2) is 18.2 Å². The molecule has 0 fully saturated rings. The van der Waals surface area contributed by atoms with Gasteiger partial charge in [-0.2, -0.15) is 0 Å². The first kappa shape index (κ1) is 16.2. The summed E-state index contributed by atoms with van der Waals surface area (Å²) in [5, 5.41) is 0. The van der Waals surface area contributed by atoms with Crippen LogP contribution in [-0.2, 0) is 14.3 Å². The fourth-order valence-electron chi connectivity index (χ4n) is 1.78. The number of ether oxygens (including phenoxy) is 2. The van der Waals surface area contributed by atoms with Gasteiger partial charge in [0.15, 0.2) is 0 Å². The summed E-state index contributed by atoms with van der Waals surface area (Å²) in [4.78, 5) is 23.0. The Bertz CT molecular complexity index is 445. The first-order chi connectivity index (χ1) is 9.51. The SMILES string of the molecule is CCCCOC(=O)CCC(=O)Oc1cc(C)cc(C)c1. The van der Waals surface area contributed by atoms with E-state index in [2.05, 4.69) is 0 Å². The lowest BCUT2D eigenvalue weighted by Gasteiger charge is -2.07. The number of benzene rings is 1. The molecule has 0 heterocycles. The zero-order valence-corrected chi connectivity index (χ0v) is 12.4. The number of unbranched alkanes of at least 4 members (excludes halogenated alkanes) is 1. The number of carbonyl (C=O) groups excluding carboxylic acids is 2. The number of hydrogen-bond acceptors (Lipinski definition) is 4. The number of aryl methyl sites for hydroxylation is 2. The Labute approximate surface area is 120 Å². The van der Waals surface area contributed by atoms with Gasteiger partial charge in [-0.15, -0.1) is 0 Å². The van der Waals surface area contributed by atoms with Gasteiger partial charge in [-0.05, 0) is 43.5 Å². The molecular weight excluding hydrogens is 256 g/mol. The molecule has 0 aliphatic heterocycles. The maximum atomic E-state index is 11.6. The molecule has 1 aromatic carbocycles. The second-order valence-corrected chi connectivity index (χ2v) is 4.87. The Kier molecular flexibility index (Phi) is 6.77. The maximum Gasteiger partial charge on any atom is 0.311 e. The molecule has 0 N–H and O–H groups in total. The van der Waals surface area contributed by atoms with E-state index in [4.69, 9.17) is 9.47 Å².